The van der Waals surface area contributed by atoms with Crippen molar-refractivity contribution in [3.05, 3.63) is 0 Å². The molecule has 1 aliphatic rings. The number of rotatable bonds is 4. The first kappa shape index (κ1) is 14.9. The van der Waals surface area contributed by atoms with Crippen LogP contribution >= 0.6 is 0 Å². The number of sulfone groups is 1. The van der Waals surface area contributed by atoms with E-state index in [1.54, 1.807) is 0 Å². The molecule has 1 saturated heterocycles. The Hall–Kier alpha value is -1.11. The highest BCUT2D eigenvalue weighted by Crippen LogP contribution is 2.11. The van der Waals surface area contributed by atoms with Gasteiger partial charge in [-0.2, -0.15) is 0 Å². The Balaban J connectivity index is 2.78. The first-order chi connectivity index (χ1) is 8.20. The number of nitrogens with one attached hydrogen (secondary N) is 1. The van der Waals surface area contributed by atoms with Crippen LogP contribution in [-0.2, 0) is 19.4 Å². The summed E-state index contributed by atoms with van der Waals surface area (Å²) in [5, 5.41) is 2.68. The average Bonchev–Trinajstić information content (AvgIpc) is 2.36. The van der Waals surface area contributed by atoms with Gasteiger partial charge in [-0.3, -0.25) is 9.59 Å². The average molecular weight is 276 g/mol. The molecule has 1 N–H and O–H groups in total. The Bertz CT molecular complexity index is 430. The maximum atomic E-state index is 12.2. The van der Waals surface area contributed by atoms with Gasteiger partial charge < -0.3 is 10.2 Å². The molecule has 0 bridgehead atoms. The van der Waals surface area contributed by atoms with Gasteiger partial charge in [0, 0.05) is 25.8 Å². The van der Waals surface area contributed by atoms with E-state index in [2.05, 4.69) is 5.32 Å². The highest BCUT2D eigenvalue weighted by atomic mass is 32.2. The predicted molar refractivity (Wildman–Crippen MR) is 67.7 cm³/mol. The normalized spacial score (nSPS) is 22.0. The molecule has 1 fully saturated rings. The van der Waals surface area contributed by atoms with Gasteiger partial charge in [-0.15, -0.1) is 0 Å². The van der Waals surface area contributed by atoms with E-state index in [0.29, 0.717) is 0 Å². The highest BCUT2D eigenvalue weighted by Gasteiger charge is 2.31. The number of carbonyl (C=O) groups excluding carboxylic acids is 2. The second-order valence-corrected chi connectivity index (χ2v) is 7.25. The molecule has 2 amide bonds. The predicted octanol–water partition coefficient (Wildman–Crippen LogP) is -0.596. The fourth-order valence-corrected chi connectivity index (χ4v) is 2.35. The summed E-state index contributed by atoms with van der Waals surface area (Å²) in [6.07, 6.45) is 1.36. The van der Waals surface area contributed by atoms with Crippen molar-refractivity contribution in [2.45, 2.75) is 26.3 Å². The summed E-state index contributed by atoms with van der Waals surface area (Å²) in [4.78, 5) is 25.1. The Morgan fingerprint density at radius 1 is 1.39 bits per heavy atom. The molecule has 0 saturated carbocycles. The van der Waals surface area contributed by atoms with Crippen LogP contribution in [0.1, 0.15) is 20.3 Å². The zero-order valence-electron chi connectivity index (χ0n) is 11.0. The smallest absolute Gasteiger partial charge is 0.245 e. The Kier molecular flexibility index (Phi) is 4.72. The molecule has 0 aromatic heterocycles. The zero-order valence-corrected chi connectivity index (χ0v) is 11.8. The molecule has 1 heterocycles. The summed E-state index contributed by atoms with van der Waals surface area (Å²) in [5.74, 6) is -0.443. The largest absolute Gasteiger partial charge is 0.344 e. The van der Waals surface area contributed by atoms with Gasteiger partial charge in [-0.1, -0.05) is 13.8 Å². The molecule has 1 rings (SSSR count). The number of nitrogens with zero attached hydrogens (tertiary/aromatic N) is 1. The van der Waals surface area contributed by atoms with Crippen LogP contribution in [0.25, 0.3) is 0 Å². The molecule has 7 heteroatoms. The van der Waals surface area contributed by atoms with E-state index in [0.717, 1.165) is 6.26 Å². The van der Waals surface area contributed by atoms with Crippen LogP contribution in [0.15, 0.2) is 0 Å². The van der Waals surface area contributed by atoms with Gasteiger partial charge >= 0.3 is 0 Å². The van der Waals surface area contributed by atoms with E-state index in [4.69, 9.17) is 0 Å². The third-order valence-electron chi connectivity index (χ3n) is 2.90. The molecular weight excluding hydrogens is 256 g/mol. The molecule has 6 nitrogen and oxygen atoms in total. The number of carbonyl (C=O) groups is 2. The number of amides is 2. The van der Waals surface area contributed by atoms with Crippen LogP contribution < -0.4 is 5.32 Å². The third-order valence-corrected chi connectivity index (χ3v) is 3.83. The van der Waals surface area contributed by atoms with Gasteiger partial charge in [0.25, 0.3) is 0 Å². The van der Waals surface area contributed by atoms with Gasteiger partial charge in [-0.05, 0) is 5.92 Å². The van der Waals surface area contributed by atoms with Crippen LogP contribution in [0.2, 0.25) is 0 Å². The number of hydrogen-bond donors (Lipinski definition) is 1. The van der Waals surface area contributed by atoms with E-state index in [9.17, 15) is 18.0 Å². The second kappa shape index (κ2) is 5.69. The van der Waals surface area contributed by atoms with Gasteiger partial charge in [-0.25, -0.2) is 8.42 Å². The van der Waals surface area contributed by atoms with E-state index >= 15 is 0 Å². The van der Waals surface area contributed by atoms with Crippen molar-refractivity contribution in [3.63, 3.8) is 0 Å². The van der Waals surface area contributed by atoms with E-state index in [1.807, 2.05) is 13.8 Å². The SMILES string of the molecule is CC(C)C1NC(=O)CCN(CCS(C)(=O)=O)C1=O. The zero-order chi connectivity index (χ0) is 13.9. The molecule has 0 aromatic rings. The van der Waals surface area contributed by atoms with Crippen molar-refractivity contribution < 1.29 is 18.0 Å². The maximum absolute atomic E-state index is 12.2. The fraction of sp³-hybridized carbons (Fsp3) is 0.818. The Morgan fingerprint density at radius 3 is 2.50 bits per heavy atom. The second-order valence-electron chi connectivity index (χ2n) is 4.99. The molecule has 1 unspecified atom stereocenters. The van der Waals surface area contributed by atoms with Gasteiger partial charge in [0.05, 0.1) is 5.75 Å². The Morgan fingerprint density at radius 2 is 2.00 bits per heavy atom. The minimum Gasteiger partial charge on any atom is -0.344 e. The summed E-state index contributed by atoms with van der Waals surface area (Å²) >= 11 is 0. The molecule has 0 spiro atoms. The van der Waals surface area contributed by atoms with Crippen molar-refractivity contribution in [3.8, 4) is 0 Å². The van der Waals surface area contributed by atoms with Crippen LogP contribution in [0.3, 0.4) is 0 Å². The summed E-state index contributed by atoms with van der Waals surface area (Å²) in [6.45, 7) is 4.13. The quantitative estimate of drug-likeness (QED) is 0.743. The molecule has 0 radical (unpaired) electrons. The lowest BCUT2D eigenvalue weighted by Crippen LogP contribution is -2.48. The molecular formula is C11H20N2O4S. The van der Waals surface area contributed by atoms with Crippen LogP contribution in [0, 0.1) is 5.92 Å². The van der Waals surface area contributed by atoms with Crippen molar-refractivity contribution in [2.75, 3.05) is 25.1 Å². The van der Waals surface area contributed by atoms with Gasteiger partial charge in [0.15, 0.2) is 0 Å². The monoisotopic (exact) mass is 276 g/mol. The molecule has 0 aromatic carbocycles. The molecule has 104 valence electrons. The molecule has 18 heavy (non-hydrogen) atoms. The van der Waals surface area contributed by atoms with Gasteiger partial charge in [0.2, 0.25) is 11.8 Å². The lowest BCUT2D eigenvalue weighted by molar-refractivity contribution is -0.134. The van der Waals surface area contributed by atoms with Gasteiger partial charge in [0.1, 0.15) is 15.9 Å². The summed E-state index contributed by atoms with van der Waals surface area (Å²) in [5.41, 5.74) is 0. The molecule has 0 aliphatic carbocycles. The summed E-state index contributed by atoms with van der Waals surface area (Å²) in [6, 6.07) is -0.556. The molecule has 1 atom stereocenters. The van der Waals surface area contributed by atoms with E-state index in [1.165, 1.54) is 4.90 Å². The van der Waals surface area contributed by atoms with E-state index in [-0.39, 0.29) is 43.0 Å². The first-order valence-electron chi connectivity index (χ1n) is 5.96. The minimum atomic E-state index is -3.11. The number of hydrogen-bond acceptors (Lipinski definition) is 4. The minimum absolute atomic E-state index is 0.0136. The Labute approximate surface area is 108 Å². The topological polar surface area (TPSA) is 83.6 Å². The fourth-order valence-electron chi connectivity index (χ4n) is 1.80. The maximum Gasteiger partial charge on any atom is 0.245 e. The van der Waals surface area contributed by atoms with Crippen molar-refractivity contribution in [2.24, 2.45) is 5.92 Å². The summed E-state index contributed by atoms with van der Waals surface area (Å²) in [7, 11) is -3.11. The first-order valence-corrected chi connectivity index (χ1v) is 8.02. The lowest BCUT2D eigenvalue weighted by atomic mass is 10.0. The third kappa shape index (κ3) is 4.29. The summed E-state index contributed by atoms with van der Waals surface area (Å²) < 4.78 is 22.3. The van der Waals surface area contributed by atoms with Crippen LogP contribution in [0.5, 0.6) is 0 Å². The molecule has 1 aliphatic heterocycles. The van der Waals surface area contributed by atoms with Crippen molar-refractivity contribution >= 4 is 21.7 Å². The standard InChI is InChI=1S/C11H20N2O4S/c1-8(2)10-11(15)13(5-4-9(14)12-10)6-7-18(3,16)17/h8,10H,4-7H2,1-3H3,(H,12,14). The van der Waals surface area contributed by atoms with Crippen molar-refractivity contribution in [1.29, 1.82) is 0 Å². The lowest BCUT2D eigenvalue weighted by Gasteiger charge is -2.25. The van der Waals surface area contributed by atoms with Crippen molar-refractivity contribution in [1.82, 2.24) is 10.2 Å². The van der Waals surface area contributed by atoms with Crippen LogP contribution in [-0.4, -0.2) is 56.3 Å². The van der Waals surface area contributed by atoms with Crippen LogP contribution in [0.4, 0.5) is 0 Å². The highest BCUT2D eigenvalue weighted by molar-refractivity contribution is 7.90. The van der Waals surface area contributed by atoms with E-state index < -0.39 is 15.9 Å².